The van der Waals surface area contributed by atoms with Crippen LogP contribution < -0.4 is 10.5 Å². The van der Waals surface area contributed by atoms with Gasteiger partial charge in [0.1, 0.15) is 17.4 Å². The number of thioether (sulfide) groups is 1. The zero-order valence-corrected chi connectivity index (χ0v) is 17.6. The lowest BCUT2D eigenvalue weighted by Gasteiger charge is -2.13. The highest BCUT2D eigenvalue weighted by molar-refractivity contribution is 7.99. The smallest absolute Gasteiger partial charge is 0.238 e. The number of benzene rings is 2. The van der Waals surface area contributed by atoms with Crippen LogP contribution in [-0.4, -0.2) is 24.1 Å². The molecule has 0 atom stereocenters. The van der Waals surface area contributed by atoms with Gasteiger partial charge in [-0.25, -0.2) is 27.9 Å². The number of rotatable bonds is 7. The van der Waals surface area contributed by atoms with Gasteiger partial charge in [-0.1, -0.05) is 18.7 Å². The van der Waals surface area contributed by atoms with Gasteiger partial charge in [-0.05, 0) is 55.0 Å². The van der Waals surface area contributed by atoms with Crippen molar-refractivity contribution in [2.75, 3.05) is 11.1 Å². The second-order valence-electron chi connectivity index (χ2n) is 6.24. The Balaban J connectivity index is 2.06. The molecule has 0 unspecified atom stereocenters. The summed E-state index contributed by atoms with van der Waals surface area (Å²) in [4.78, 5) is 8.93. The molecule has 0 aliphatic carbocycles. The third-order valence-electron chi connectivity index (χ3n) is 4.00. The van der Waals surface area contributed by atoms with E-state index >= 15 is 0 Å². The minimum atomic E-state index is -3.81. The van der Waals surface area contributed by atoms with Gasteiger partial charge < -0.3 is 5.32 Å². The second-order valence-corrected chi connectivity index (χ2v) is 8.86. The number of hydrogen-bond acceptors (Lipinski definition) is 7. The van der Waals surface area contributed by atoms with Crippen molar-refractivity contribution < 1.29 is 12.8 Å². The first kappa shape index (κ1) is 21.7. The molecule has 0 saturated heterocycles. The average molecular weight is 444 g/mol. The van der Waals surface area contributed by atoms with Crippen molar-refractivity contribution in [2.24, 2.45) is 5.14 Å². The van der Waals surface area contributed by atoms with E-state index in [-0.39, 0.29) is 22.1 Å². The van der Waals surface area contributed by atoms with Crippen LogP contribution in [-0.2, 0) is 10.0 Å². The zero-order valence-electron chi connectivity index (χ0n) is 16.0. The predicted octanol–water partition coefficient (Wildman–Crippen LogP) is 4.05. The monoisotopic (exact) mass is 443 g/mol. The predicted molar refractivity (Wildman–Crippen MR) is 114 cm³/mol. The van der Waals surface area contributed by atoms with Crippen LogP contribution in [0.1, 0.15) is 18.9 Å². The van der Waals surface area contributed by atoms with E-state index in [0.717, 1.165) is 12.2 Å². The molecule has 0 aliphatic heterocycles. The molecule has 7 nitrogen and oxygen atoms in total. The first-order valence-corrected chi connectivity index (χ1v) is 11.5. The number of halogens is 1. The van der Waals surface area contributed by atoms with Crippen molar-refractivity contribution in [3.8, 4) is 17.3 Å². The van der Waals surface area contributed by atoms with Crippen LogP contribution in [0.25, 0.3) is 11.3 Å². The molecule has 0 fully saturated rings. The number of hydrogen-bond donors (Lipinski definition) is 2. The highest BCUT2D eigenvalue weighted by Crippen LogP contribution is 2.31. The maximum atomic E-state index is 13.3. The molecular weight excluding hydrogens is 425 g/mol. The van der Waals surface area contributed by atoms with Crippen LogP contribution in [0.4, 0.5) is 15.9 Å². The first-order valence-electron chi connectivity index (χ1n) is 8.92. The van der Waals surface area contributed by atoms with Crippen LogP contribution in [0.15, 0.2) is 58.6 Å². The van der Waals surface area contributed by atoms with Gasteiger partial charge in [-0.3, -0.25) is 0 Å². The Morgan fingerprint density at radius 1 is 1.13 bits per heavy atom. The van der Waals surface area contributed by atoms with E-state index in [1.54, 1.807) is 12.1 Å². The summed E-state index contributed by atoms with van der Waals surface area (Å²) in [5.41, 5.74) is 1.68. The van der Waals surface area contributed by atoms with Crippen LogP contribution >= 0.6 is 11.8 Å². The first-order chi connectivity index (χ1) is 14.3. The minimum Gasteiger partial charge on any atom is -0.339 e. The molecule has 0 saturated carbocycles. The molecule has 0 amide bonds. The lowest BCUT2D eigenvalue weighted by atomic mass is 10.1. The van der Waals surface area contributed by atoms with Gasteiger partial charge >= 0.3 is 0 Å². The third-order valence-corrected chi connectivity index (χ3v) is 5.98. The largest absolute Gasteiger partial charge is 0.339 e. The number of sulfonamides is 1. The van der Waals surface area contributed by atoms with E-state index in [0.29, 0.717) is 22.1 Å². The molecule has 0 radical (unpaired) electrons. The topological polar surface area (TPSA) is 122 Å². The number of nitriles is 1. The zero-order chi connectivity index (χ0) is 21.7. The van der Waals surface area contributed by atoms with E-state index in [9.17, 15) is 18.1 Å². The maximum Gasteiger partial charge on any atom is 0.238 e. The summed E-state index contributed by atoms with van der Waals surface area (Å²) in [5, 5.41) is 18.4. The molecule has 10 heteroatoms. The van der Waals surface area contributed by atoms with Crippen molar-refractivity contribution in [3.63, 3.8) is 0 Å². The van der Waals surface area contributed by atoms with Crippen LogP contribution in [0.3, 0.4) is 0 Å². The number of aromatic nitrogens is 2. The quantitative estimate of drug-likeness (QED) is 0.417. The van der Waals surface area contributed by atoms with Gasteiger partial charge in [0.2, 0.25) is 10.0 Å². The number of nitrogens with zero attached hydrogens (tertiary/aromatic N) is 3. The molecule has 154 valence electrons. The molecule has 30 heavy (non-hydrogen) atoms. The van der Waals surface area contributed by atoms with Gasteiger partial charge in [0.15, 0.2) is 11.0 Å². The molecule has 3 aromatic rings. The van der Waals surface area contributed by atoms with E-state index in [1.165, 1.54) is 48.2 Å². The maximum absolute atomic E-state index is 13.3. The molecule has 1 aromatic heterocycles. The molecular formula is C20H18FN5O2S2. The molecule has 0 aliphatic rings. The Labute approximate surface area is 178 Å². The molecule has 1 heterocycles. The molecule has 3 rings (SSSR count). The lowest BCUT2D eigenvalue weighted by molar-refractivity contribution is 0.598. The molecule has 0 bridgehead atoms. The summed E-state index contributed by atoms with van der Waals surface area (Å²) in [6, 6.07) is 13.6. The summed E-state index contributed by atoms with van der Waals surface area (Å²) in [5.74, 6) is 0.672. The number of nitrogens with one attached hydrogen (secondary N) is 1. The van der Waals surface area contributed by atoms with Crippen molar-refractivity contribution in [1.82, 2.24) is 9.97 Å². The Kier molecular flexibility index (Phi) is 6.66. The average Bonchev–Trinajstić information content (AvgIpc) is 2.72. The van der Waals surface area contributed by atoms with Gasteiger partial charge in [-0.15, -0.1) is 0 Å². The normalized spacial score (nSPS) is 11.1. The van der Waals surface area contributed by atoms with Crippen molar-refractivity contribution in [3.05, 3.63) is 59.9 Å². The fourth-order valence-corrected chi connectivity index (χ4v) is 3.79. The molecule has 0 spiro atoms. The summed E-state index contributed by atoms with van der Waals surface area (Å²) in [6.07, 6.45) is 0.914. The van der Waals surface area contributed by atoms with Gasteiger partial charge in [0.25, 0.3) is 0 Å². The number of primary sulfonamides is 1. The lowest BCUT2D eigenvalue weighted by Crippen LogP contribution is -2.12. The van der Waals surface area contributed by atoms with Gasteiger partial charge in [0, 0.05) is 17.0 Å². The Bertz CT molecular complexity index is 1190. The summed E-state index contributed by atoms with van der Waals surface area (Å²) in [6.45, 7) is 2.03. The Morgan fingerprint density at radius 3 is 2.37 bits per heavy atom. The Morgan fingerprint density at radius 2 is 1.80 bits per heavy atom. The summed E-state index contributed by atoms with van der Waals surface area (Å²) >= 11 is 1.44. The van der Waals surface area contributed by atoms with Crippen LogP contribution in [0, 0.1) is 17.1 Å². The van der Waals surface area contributed by atoms with E-state index < -0.39 is 10.0 Å². The Hall–Kier alpha value is -3.00. The standard InChI is InChI=1S/C20H18FN5O2S2/c1-2-11-29-20-25-18(13-3-5-14(21)6-4-13)17(12-22)19(26-20)24-15-7-9-16(10-8-15)30(23,27)28/h3-10H,2,11H2,1H3,(H2,23,27,28)(H,24,25,26). The van der Waals surface area contributed by atoms with Crippen LogP contribution in [0.5, 0.6) is 0 Å². The van der Waals surface area contributed by atoms with Gasteiger partial charge in [-0.2, -0.15) is 5.26 Å². The second kappa shape index (κ2) is 9.21. The number of anilines is 2. The van der Waals surface area contributed by atoms with Crippen molar-refractivity contribution in [2.45, 2.75) is 23.4 Å². The minimum absolute atomic E-state index is 0.0255. The fourth-order valence-electron chi connectivity index (χ4n) is 2.58. The fraction of sp³-hybridized carbons (Fsp3) is 0.150. The number of nitrogens with two attached hydrogens (primary N) is 1. The van der Waals surface area contributed by atoms with Crippen LogP contribution in [0.2, 0.25) is 0 Å². The van der Waals surface area contributed by atoms with Crippen molar-refractivity contribution >= 4 is 33.3 Å². The van der Waals surface area contributed by atoms with E-state index in [1.807, 2.05) is 6.92 Å². The van der Waals surface area contributed by atoms with Gasteiger partial charge in [0.05, 0.1) is 10.6 Å². The summed E-state index contributed by atoms with van der Waals surface area (Å²) < 4.78 is 36.2. The highest BCUT2D eigenvalue weighted by atomic mass is 32.2. The molecule has 2 aromatic carbocycles. The summed E-state index contributed by atoms with van der Waals surface area (Å²) in [7, 11) is -3.81. The third kappa shape index (κ3) is 5.13. The SMILES string of the molecule is CCCSc1nc(Nc2ccc(S(N)(=O)=O)cc2)c(C#N)c(-c2ccc(F)cc2)n1. The van der Waals surface area contributed by atoms with Crippen molar-refractivity contribution in [1.29, 1.82) is 5.26 Å². The highest BCUT2D eigenvalue weighted by Gasteiger charge is 2.17. The molecule has 3 N–H and O–H groups in total. The van der Waals surface area contributed by atoms with E-state index in [4.69, 9.17) is 5.14 Å². The van der Waals surface area contributed by atoms with E-state index in [2.05, 4.69) is 21.4 Å².